The van der Waals surface area contributed by atoms with Crippen LogP contribution in [0.3, 0.4) is 0 Å². The third-order valence-electron chi connectivity index (χ3n) is 3.69. The molecule has 3 heterocycles. The summed E-state index contributed by atoms with van der Waals surface area (Å²) in [6.45, 7) is 2.87. The van der Waals surface area contributed by atoms with E-state index in [2.05, 4.69) is 10.3 Å². The molecule has 0 radical (unpaired) electrons. The molecule has 3 aromatic rings. The first-order valence-electron chi connectivity index (χ1n) is 7.29. The van der Waals surface area contributed by atoms with Gasteiger partial charge in [-0.3, -0.25) is 0 Å². The summed E-state index contributed by atoms with van der Waals surface area (Å²) in [6.07, 6.45) is -2.65. The Kier molecular flexibility index (Phi) is 4.40. The number of nitrogens with zero attached hydrogens (tertiary/aromatic N) is 2. The van der Waals surface area contributed by atoms with Gasteiger partial charge in [-0.05, 0) is 32.0 Å². The zero-order valence-electron chi connectivity index (χ0n) is 13.1. The number of anilines is 1. The van der Waals surface area contributed by atoms with Crippen LogP contribution in [0.5, 0.6) is 0 Å². The van der Waals surface area contributed by atoms with E-state index in [-0.39, 0.29) is 0 Å². The Bertz CT molecular complexity index is 818. The first-order chi connectivity index (χ1) is 11.3. The van der Waals surface area contributed by atoms with E-state index < -0.39 is 12.7 Å². The molecule has 3 rings (SSSR count). The van der Waals surface area contributed by atoms with Crippen molar-refractivity contribution in [1.82, 2.24) is 9.55 Å². The number of aromatic nitrogens is 2. The van der Waals surface area contributed by atoms with Gasteiger partial charge in [-0.15, -0.1) is 11.3 Å². The topological polar surface area (TPSA) is 43.0 Å². The van der Waals surface area contributed by atoms with Gasteiger partial charge in [0.05, 0.1) is 18.5 Å². The van der Waals surface area contributed by atoms with Gasteiger partial charge in [0.25, 0.3) is 0 Å². The molecule has 0 aliphatic heterocycles. The molecular formula is C16H16F3N3OS. The lowest BCUT2D eigenvalue weighted by Gasteiger charge is -2.12. The van der Waals surface area contributed by atoms with Crippen LogP contribution < -0.4 is 5.32 Å². The van der Waals surface area contributed by atoms with Crippen molar-refractivity contribution in [2.45, 2.75) is 33.1 Å². The molecule has 0 bridgehead atoms. The molecule has 8 heteroatoms. The van der Waals surface area contributed by atoms with E-state index in [0.717, 1.165) is 11.3 Å². The Morgan fingerprint density at radius 3 is 2.79 bits per heavy atom. The summed E-state index contributed by atoms with van der Waals surface area (Å²) in [4.78, 5) is 4.46. The highest BCUT2D eigenvalue weighted by molar-refractivity contribution is 7.14. The molecule has 0 aromatic carbocycles. The van der Waals surface area contributed by atoms with E-state index in [4.69, 9.17) is 4.42 Å². The normalized spacial score (nSPS) is 11.9. The van der Waals surface area contributed by atoms with Crippen molar-refractivity contribution >= 4 is 16.5 Å². The molecule has 24 heavy (non-hydrogen) atoms. The molecule has 0 saturated heterocycles. The second-order valence-corrected chi connectivity index (χ2v) is 6.32. The molecule has 0 atom stereocenters. The van der Waals surface area contributed by atoms with Crippen LogP contribution in [0, 0.1) is 13.8 Å². The van der Waals surface area contributed by atoms with Gasteiger partial charge in [0.1, 0.15) is 12.3 Å². The van der Waals surface area contributed by atoms with E-state index in [1.54, 1.807) is 32.2 Å². The van der Waals surface area contributed by atoms with Crippen molar-refractivity contribution in [3.8, 4) is 11.3 Å². The third-order valence-corrected chi connectivity index (χ3v) is 4.49. The van der Waals surface area contributed by atoms with Gasteiger partial charge in [-0.25, -0.2) is 4.98 Å². The average molecular weight is 355 g/mol. The van der Waals surface area contributed by atoms with E-state index in [1.807, 2.05) is 11.4 Å². The van der Waals surface area contributed by atoms with E-state index >= 15 is 0 Å². The average Bonchev–Trinajstić information content (AvgIpc) is 3.21. The lowest BCUT2D eigenvalue weighted by atomic mass is 10.2. The van der Waals surface area contributed by atoms with Crippen LogP contribution in [-0.2, 0) is 13.1 Å². The van der Waals surface area contributed by atoms with Crippen molar-refractivity contribution in [1.29, 1.82) is 0 Å². The number of alkyl halides is 3. The summed E-state index contributed by atoms with van der Waals surface area (Å²) in [5.74, 6) is 0.787. The Hall–Kier alpha value is -2.22. The van der Waals surface area contributed by atoms with Crippen molar-refractivity contribution in [3.63, 3.8) is 0 Å². The molecule has 0 unspecified atom stereocenters. The number of hydrogen-bond acceptors (Lipinski definition) is 4. The van der Waals surface area contributed by atoms with Crippen LogP contribution >= 0.6 is 11.3 Å². The summed E-state index contributed by atoms with van der Waals surface area (Å²) in [7, 11) is 0. The molecule has 0 amide bonds. The molecule has 0 spiro atoms. The lowest BCUT2D eigenvalue weighted by molar-refractivity contribution is -0.141. The molecule has 0 aliphatic rings. The summed E-state index contributed by atoms with van der Waals surface area (Å²) >= 11 is 1.41. The quantitative estimate of drug-likeness (QED) is 0.701. The van der Waals surface area contributed by atoms with Gasteiger partial charge in [-0.1, -0.05) is 0 Å². The van der Waals surface area contributed by atoms with Gasteiger partial charge in [0.2, 0.25) is 0 Å². The van der Waals surface area contributed by atoms with Crippen LogP contribution in [0.25, 0.3) is 11.3 Å². The van der Waals surface area contributed by atoms with Crippen LogP contribution in [0.4, 0.5) is 18.3 Å². The Morgan fingerprint density at radius 2 is 2.12 bits per heavy atom. The minimum Gasteiger partial charge on any atom is -0.467 e. The highest BCUT2D eigenvalue weighted by atomic mass is 32.1. The second-order valence-electron chi connectivity index (χ2n) is 5.46. The van der Waals surface area contributed by atoms with Gasteiger partial charge < -0.3 is 14.3 Å². The minimum absolute atomic E-state index is 0.507. The predicted molar refractivity (Wildman–Crippen MR) is 87.1 cm³/mol. The Morgan fingerprint density at radius 1 is 1.33 bits per heavy atom. The molecule has 0 saturated carbocycles. The largest absolute Gasteiger partial charge is 0.467 e. The van der Waals surface area contributed by atoms with Crippen molar-refractivity contribution in [2.24, 2.45) is 0 Å². The fourth-order valence-corrected chi connectivity index (χ4v) is 3.25. The lowest BCUT2D eigenvalue weighted by Crippen LogP contribution is -2.19. The second kappa shape index (κ2) is 6.35. The molecule has 1 N–H and O–H groups in total. The maximum atomic E-state index is 12.7. The van der Waals surface area contributed by atoms with Crippen molar-refractivity contribution in [3.05, 3.63) is 47.0 Å². The van der Waals surface area contributed by atoms with E-state index in [0.29, 0.717) is 28.8 Å². The van der Waals surface area contributed by atoms with Crippen LogP contribution in [-0.4, -0.2) is 15.7 Å². The first kappa shape index (κ1) is 16.6. The summed E-state index contributed by atoms with van der Waals surface area (Å²) < 4.78 is 44.6. The van der Waals surface area contributed by atoms with E-state index in [9.17, 15) is 13.2 Å². The fraction of sp³-hybridized carbons (Fsp3) is 0.312. The fourth-order valence-electron chi connectivity index (χ4n) is 2.54. The van der Waals surface area contributed by atoms with Crippen LogP contribution in [0.1, 0.15) is 17.1 Å². The minimum atomic E-state index is -4.25. The highest BCUT2D eigenvalue weighted by Gasteiger charge is 2.30. The zero-order valence-corrected chi connectivity index (χ0v) is 14.0. The van der Waals surface area contributed by atoms with Crippen molar-refractivity contribution in [2.75, 3.05) is 5.32 Å². The molecule has 3 aromatic heterocycles. The number of aryl methyl sites for hydroxylation is 1. The van der Waals surface area contributed by atoms with Gasteiger partial charge in [0, 0.05) is 22.3 Å². The van der Waals surface area contributed by atoms with Crippen LogP contribution in [0.15, 0.2) is 34.3 Å². The predicted octanol–water partition coefficient (Wildman–Crippen LogP) is 5.00. The molecule has 4 nitrogen and oxygen atoms in total. The first-order valence-corrected chi connectivity index (χ1v) is 8.17. The maximum Gasteiger partial charge on any atom is 0.406 e. The molecule has 0 fully saturated rings. The zero-order chi connectivity index (χ0) is 17.3. The number of rotatable bonds is 5. The number of nitrogens with one attached hydrogen (secondary N) is 1. The van der Waals surface area contributed by atoms with Crippen LogP contribution in [0.2, 0.25) is 0 Å². The Labute approximate surface area is 140 Å². The summed E-state index contributed by atoms with van der Waals surface area (Å²) in [5, 5.41) is 5.68. The molecule has 0 aliphatic carbocycles. The SMILES string of the molecule is Cc1cc(-c2csc(NCc3ccco3)n2)c(C)n1CC(F)(F)F. The Balaban J connectivity index is 1.78. The number of furan rings is 1. The highest BCUT2D eigenvalue weighted by Crippen LogP contribution is 2.31. The van der Waals surface area contributed by atoms with Gasteiger partial charge in [-0.2, -0.15) is 13.2 Å². The molecule has 128 valence electrons. The monoisotopic (exact) mass is 355 g/mol. The summed E-state index contributed by atoms with van der Waals surface area (Å²) in [5.41, 5.74) is 2.52. The third kappa shape index (κ3) is 3.64. The number of halogens is 3. The number of thiazole rings is 1. The van der Waals surface area contributed by atoms with Gasteiger partial charge >= 0.3 is 6.18 Å². The molecular weight excluding hydrogens is 339 g/mol. The smallest absolute Gasteiger partial charge is 0.406 e. The summed E-state index contributed by atoms with van der Waals surface area (Å²) in [6, 6.07) is 5.40. The number of hydrogen-bond donors (Lipinski definition) is 1. The standard InChI is InChI=1S/C16H16F3N3OS/c1-10-6-13(11(2)22(10)9-16(17,18)19)14-8-24-15(21-14)20-7-12-4-3-5-23-12/h3-6,8H,7,9H2,1-2H3,(H,20,21). The van der Waals surface area contributed by atoms with E-state index in [1.165, 1.54) is 15.9 Å². The van der Waals surface area contributed by atoms with Gasteiger partial charge in [0.15, 0.2) is 5.13 Å². The van der Waals surface area contributed by atoms with Crippen molar-refractivity contribution < 1.29 is 17.6 Å². The maximum absolute atomic E-state index is 12.7.